The van der Waals surface area contributed by atoms with Gasteiger partial charge in [-0.05, 0) is 37.9 Å². The smallest absolute Gasteiger partial charge is 0.368 e. The van der Waals surface area contributed by atoms with E-state index < -0.39 is 11.7 Å². The maximum Gasteiger partial charge on any atom is 0.417 e. The molecule has 2 heterocycles. The van der Waals surface area contributed by atoms with Crippen LogP contribution in [0.1, 0.15) is 31.7 Å². The maximum atomic E-state index is 12.6. The van der Waals surface area contributed by atoms with Crippen molar-refractivity contribution in [3.63, 3.8) is 0 Å². The standard InChI is InChI=1S/C17H24ClF3N4O.2ClH/c1-2-22-10-12-4-7-25(8-5-12)15(26)3-6-23-16-14(18)9-13(11-24-16)17(19,20)21;;/h9,11-12,22H,2-8,10H2,1H3,(H,23,24);2*1H. The van der Waals surface area contributed by atoms with Gasteiger partial charge in [-0.15, -0.1) is 24.8 Å². The van der Waals surface area contributed by atoms with Crippen LogP contribution in [-0.4, -0.2) is 48.5 Å². The summed E-state index contributed by atoms with van der Waals surface area (Å²) >= 11 is 5.83. The first-order chi connectivity index (χ1) is 12.3. The van der Waals surface area contributed by atoms with Crippen molar-refractivity contribution in [1.29, 1.82) is 0 Å². The number of alkyl halides is 3. The minimum absolute atomic E-state index is 0. The van der Waals surface area contributed by atoms with Gasteiger partial charge in [-0.1, -0.05) is 18.5 Å². The number of nitrogens with one attached hydrogen (secondary N) is 2. The second-order valence-electron chi connectivity index (χ2n) is 6.36. The van der Waals surface area contributed by atoms with E-state index in [1.165, 1.54) is 0 Å². The lowest BCUT2D eigenvalue weighted by Gasteiger charge is -2.32. The number of carbonyl (C=O) groups excluding carboxylic acids is 1. The van der Waals surface area contributed by atoms with Crippen molar-refractivity contribution in [1.82, 2.24) is 15.2 Å². The molecular weight excluding hydrogens is 440 g/mol. The van der Waals surface area contributed by atoms with Crippen molar-refractivity contribution in [2.45, 2.75) is 32.4 Å². The number of carbonyl (C=O) groups is 1. The predicted octanol–water partition coefficient (Wildman–Crippen LogP) is 4.25. The van der Waals surface area contributed by atoms with Gasteiger partial charge in [0.2, 0.25) is 5.91 Å². The van der Waals surface area contributed by atoms with Gasteiger partial charge in [0.1, 0.15) is 5.82 Å². The van der Waals surface area contributed by atoms with E-state index >= 15 is 0 Å². The van der Waals surface area contributed by atoms with Gasteiger partial charge in [0.15, 0.2) is 0 Å². The molecule has 1 amide bonds. The molecule has 0 saturated carbocycles. The molecular formula is C17H26Cl3F3N4O. The van der Waals surface area contributed by atoms with Crippen LogP contribution in [0, 0.1) is 5.92 Å². The van der Waals surface area contributed by atoms with Gasteiger partial charge in [0.25, 0.3) is 0 Å². The Morgan fingerprint density at radius 2 is 1.96 bits per heavy atom. The fourth-order valence-electron chi connectivity index (χ4n) is 2.90. The van der Waals surface area contributed by atoms with Crippen molar-refractivity contribution in [2.24, 2.45) is 5.92 Å². The Kier molecular flexibility index (Phi) is 12.1. The van der Waals surface area contributed by atoms with Crippen LogP contribution in [0.15, 0.2) is 12.3 Å². The quantitative estimate of drug-likeness (QED) is 0.632. The summed E-state index contributed by atoms with van der Waals surface area (Å²) in [6, 6.07) is 0.827. The predicted molar refractivity (Wildman–Crippen MR) is 110 cm³/mol. The van der Waals surface area contributed by atoms with Crippen LogP contribution in [0.25, 0.3) is 0 Å². The number of halogens is 6. The molecule has 2 rings (SSSR count). The lowest BCUT2D eigenvalue weighted by Crippen LogP contribution is -2.41. The first kappa shape index (κ1) is 27.0. The van der Waals surface area contributed by atoms with E-state index in [0.717, 1.165) is 51.3 Å². The van der Waals surface area contributed by atoms with E-state index in [4.69, 9.17) is 11.6 Å². The fourth-order valence-corrected chi connectivity index (χ4v) is 3.14. The van der Waals surface area contributed by atoms with E-state index in [0.29, 0.717) is 5.92 Å². The monoisotopic (exact) mass is 464 g/mol. The fraction of sp³-hybridized carbons (Fsp3) is 0.647. The number of amides is 1. The van der Waals surface area contributed by atoms with Gasteiger partial charge in [-0.25, -0.2) is 4.98 Å². The second-order valence-corrected chi connectivity index (χ2v) is 6.77. The van der Waals surface area contributed by atoms with Crippen molar-refractivity contribution >= 4 is 48.1 Å². The zero-order valence-electron chi connectivity index (χ0n) is 15.5. The number of hydrogen-bond donors (Lipinski definition) is 2. The summed E-state index contributed by atoms with van der Waals surface area (Å²) in [5, 5.41) is 6.05. The van der Waals surface area contributed by atoms with Gasteiger partial charge < -0.3 is 15.5 Å². The molecule has 5 nitrogen and oxygen atoms in total. The molecule has 162 valence electrons. The van der Waals surface area contributed by atoms with Gasteiger partial charge in [0, 0.05) is 32.3 Å². The number of likely N-dealkylation sites (tertiary alicyclic amines) is 1. The number of hydrogen-bond acceptors (Lipinski definition) is 4. The van der Waals surface area contributed by atoms with E-state index in [1.54, 1.807) is 0 Å². The average Bonchev–Trinajstić information content (AvgIpc) is 2.60. The van der Waals surface area contributed by atoms with Crippen LogP contribution >= 0.6 is 36.4 Å². The summed E-state index contributed by atoms with van der Waals surface area (Å²) in [5.41, 5.74) is -0.899. The molecule has 0 radical (unpaired) electrons. The Labute approximate surface area is 180 Å². The van der Waals surface area contributed by atoms with Crippen LogP contribution in [0.5, 0.6) is 0 Å². The number of nitrogens with zero attached hydrogens (tertiary/aromatic N) is 2. The highest BCUT2D eigenvalue weighted by Gasteiger charge is 2.31. The van der Waals surface area contributed by atoms with Crippen LogP contribution in [0.2, 0.25) is 5.02 Å². The maximum absolute atomic E-state index is 12.6. The first-order valence-electron chi connectivity index (χ1n) is 8.76. The lowest BCUT2D eigenvalue weighted by molar-refractivity contribution is -0.137. The number of anilines is 1. The second kappa shape index (κ2) is 12.6. The molecule has 2 N–H and O–H groups in total. The molecule has 11 heteroatoms. The minimum Gasteiger partial charge on any atom is -0.368 e. The minimum atomic E-state index is -4.48. The highest BCUT2D eigenvalue weighted by Crippen LogP contribution is 2.32. The Morgan fingerprint density at radius 1 is 1.32 bits per heavy atom. The van der Waals surface area contributed by atoms with Crippen molar-refractivity contribution < 1.29 is 18.0 Å². The van der Waals surface area contributed by atoms with Gasteiger partial charge in [0.05, 0.1) is 10.6 Å². The summed E-state index contributed by atoms with van der Waals surface area (Å²) in [4.78, 5) is 17.8. The molecule has 1 aliphatic heterocycles. The average molecular weight is 466 g/mol. The molecule has 1 aromatic heterocycles. The molecule has 1 aromatic rings. The number of piperidine rings is 1. The number of pyridine rings is 1. The molecule has 0 bridgehead atoms. The van der Waals surface area contributed by atoms with Gasteiger partial charge in [-0.2, -0.15) is 13.2 Å². The molecule has 28 heavy (non-hydrogen) atoms. The number of rotatable bonds is 7. The van der Waals surface area contributed by atoms with Crippen LogP contribution in [0.4, 0.5) is 19.0 Å². The Hall–Kier alpha value is -0.960. The van der Waals surface area contributed by atoms with E-state index in [1.807, 2.05) is 4.90 Å². The van der Waals surface area contributed by atoms with E-state index in [-0.39, 0.29) is 54.5 Å². The van der Waals surface area contributed by atoms with Crippen molar-refractivity contribution in [3.05, 3.63) is 22.8 Å². The number of aromatic nitrogens is 1. The molecule has 1 saturated heterocycles. The van der Waals surface area contributed by atoms with E-state index in [9.17, 15) is 18.0 Å². The molecule has 0 unspecified atom stereocenters. The third kappa shape index (κ3) is 8.19. The molecule has 1 fully saturated rings. The molecule has 0 aliphatic carbocycles. The van der Waals surface area contributed by atoms with E-state index in [2.05, 4.69) is 22.5 Å². The van der Waals surface area contributed by atoms with Crippen molar-refractivity contribution in [2.75, 3.05) is 38.0 Å². The highest BCUT2D eigenvalue weighted by molar-refractivity contribution is 6.32. The molecule has 0 aromatic carbocycles. The van der Waals surface area contributed by atoms with Crippen molar-refractivity contribution in [3.8, 4) is 0 Å². The van der Waals surface area contributed by atoms with Crippen LogP contribution in [-0.2, 0) is 11.0 Å². The molecule has 0 atom stereocenters. The summed E-state index contributed by atoms with van der Waals surface area (Å²) in [6.45, 7) is 5.77. The zero-order valence-corrected chi connectivity index (χ0v) is 17.9. The summed E-state index contributed by atoms with van der Waals surface area (Å²) in [7, 11) is 0. The first-order valence-corrected chi connectivity index (χ1v) is 9.14. The third-order valence-electron chi connectivity index (χ3n) is 4.45. The zero-order chi connectivity index (χ0) is 19.2. The summed E-state index contributed by atoms with van der Waals surface area (Å²) in [6.07, 6.45) is -1.54. The van der Waals surface area contributed by atoms with Crippen LogP contribution in [0.3, 0.4) is 0 Å². The van der Waals surface area contributed by atoms with Gasteiger partial charge >= 0.3 is 6.18 Å². The largest absolute Gasteiger partial charge is 0.417 e. The van der Waals surface area contributed by atoms with Gasteiger partial charge in [-0.3, -0.25) is 4.79 Å². The third-order valence-corrected chi connectivity index (χ3v) is 4.74. The SMILES string of the molecule is CCNCC1CCN(C(=O)CCNc2ncc(C(F)(F)F)cc2Cl)CC1.Cl.Cl. The summed E-state index contributed by atoms with van der Waals surface area (Å²) in [5.74, 6) is 0.784. The highest BCUT2D eigenvalue weighted by atomic mass is 35.5. The topological polar surface area (TPSA) is 57.3 Å². The Balaban J connectivity index is 0.00000364. The molecule has 1 aliphatic rings. The van der Waals surface area contributed by atoms with Crippen LogP contribution < -0.4 is 10.6 Å². The Morgan fingerprint density at radius 3 is 2.50 bits per heavy atom. The Bertz CT molecular complexity index is 612. The lowest BCUT2D eigenvalue weighted by atomic mass is 9.96. The normalized spacial score (nSPS) is 14.8. The summed E-state index contributed by atoms with van der Waals surface area (Å²) < 4.78 is 37.8. The molecule has 0 spiro atoms.